The lowest BCUT2D eigenvalue weighted by molar-refractivity contribution is 0.0650. The van der Waals surface area contributed by atoms with Crippen LogP contribution < -0.4 is 5.73 Å². The number of carbonyl (C=O) groups excluding carboxylic acids is 1. The molecule has 0 bridgehead atoms. The minimum absolute atomic E-state index is 0.0400. The number of rotatable bonds is 12. The normalized spacial score (nSPS) is 14.1. The fourth-order valence-corrected chi connectivity index (χ4v) is 7.57. The highest BCUT2D eigenvalue weighted by Gasteiger charge is 2.41. The Kier molecular flexibility index (Phi) is 8.13. The molecule has 4 heterocycles. The number of nitrogen functional groups attached to an aromatic ring is 1. The standard InChI is InChI=1S/C31H35N9O3S/c1-3-16-39(31(41)29-34-19-35-38-29)22(4-2)11-15-26-27(44(42,43)23-12-13-23)28(32)40-30(37-26)24(18-36-40)21-10-14-25(33-17-21)20-8-6-5-7-9-20/h5-10,14,17-19,22-23H,3-4,11-13,15-16,32H2,1-2H3,(H,34,35,38)/t22-/m1/s1. The van der Waals surface area contributed by atoms with Crippen LogP contribution >= 0.6 is 0 Å². The number of sulfone groups is 1. The molecular formula is C31H35N9O3S. The van der Waals surface area contributed by atoms with E-state index in [1.807, 2.05) is 56.3 Å². The summed E-state index contributed by atoms with van der Waals surface area (Å²) in [6.07, 6.45) is 8.18. The minimum atomic E-state index is -3.71. The molecule has 6 rings (SSSR count). The summed E-state index contributed by atoms with van der Waals surface area (Å²) >= 11 is 0. The van der Waals surface area contributed by atoms with E-state index in [0.29, 0.717) is 55.6 Å². The fraction of sp³-hybridized carbons (Fsp3) is 0.355. The molecule has 1 aliphatic carbocycles. The van der Waals surface area contributed by atoms with E-state index in [1.165, 1.54) is 10.8 Å². The number of amides is 1. The van der Waals surface area contributed by atoms with Crippen molar-refractivity contribution in [3.8, 4) is 22.4 Å². The van der Waals surface area contributed by atoms with E-state index < -0.39 is 15.1 Å². The van der Waals surface area contributed by atoms with E-state index in [-0.39, 0.29) is 28.5 Å². The van der Waals surface area contributed by atoms with Crippen molar-refractivity contribution in [2.45, 2.75) is 68.6 Å². The van der Waals surface area contributed by atoms with Crippen LogP contribution in [0.25, 0.3) is 28.0 Å². The van der Waals surface area contributed by atoms with Crippen molar-refractivity contribution in [1.82, 2.24) is 39.7 Å². The van der Waals surface area contributed by atoms with Crippen LogP contribution in [0.5, 0.6) is 0 Å². The van der Waals surface area contributed by atoms with Crippen LogP contribution in [0, 0.1) is 0 Å². The number of aryl methyl sites for hydroxylation is 1. The summed E-state index contributed by atoms with van der Waals surface area (Å²) in [5, 5.41) is 11.6. The van der Waals surface area contributed by atoms with Crippen LogP contribution in [0.1, 0.15) is 62.3 Å². The van der Waals surface area contributed by atoms with Gasteiger partial charge in [-0.05, 0) is 44.6 Å². The molecule has 1 fully saturated rings. The van der Waals surface area contributed by atoms with Gasteiger partial charge in [-0.1, -0.05) is 50.2 Å². The number of nitrogens with two attached hydrogens (primary N) is 1. The molecule has 1 aliphatic rings. The molecule has 1 atom stereocenters. The van der Waals surface area contributed by atoms with Gasteiger partial charge < -0.3 is 15.6 Å². The number of fused-ring (bicyclic) bond motifs is 1. The molecule has 1 amide bonds. The summed E-state index contributed by atoms with van der Waals surface area (Å²) in [4.78, 5) is 27.5. The fourth-order valence-electron chi connectivity index (χ4n) is 5.63. The number of pyridine rings is 1. The Hall–Kier alpha value is -4.65. The SMILES string of the molecule is CCCN(C(=O)c1nnc[nH]1)[C@H](CC)CCc1nc2c(-c3ccc(-c4ccccc4)nc3)cnn2c(N)c1S(=O)(=O)C1CC1. The van der Waals surface area contributed by atoms with Gasteiger partial charge in [-0.2, -0.15) is 9.61 Å². The van der Waals surface area contributed by atoms with Crippen LogP contribution in [-0.4, -0.2) is 71.8 Å². The molecule has 12 nitrogen and oxygen atoms in total. The number of carbonyl (C=O) groups is 1. The van der Waals surface area contributed by atoms with Gasteiger partial charge in [-0.15, -0.1) is 10.2 Å². The number of benzene rings is 1. The van der Waals surface area contributed by atoms with Crippen molar-refractivity contribution in [2.75, 3.05) is 12.3 Å². The van der Waals surface area contributed by atoms with E-state index in [0.717, 1.165) is 23.2 Å². The van der Waals surface area contributed by atoms with Crippen molar-refractivity contribution in [3.05, 3.63) is 72.7 Å². The molecule has 3 N–H and O–H groups in total. The molecule has 0 unspecified atom stereocenters. The van der Waals surface area contributed by atoms with Gasteiger partial charge in [-0.3, -0.25) is 9.78 Å². The van der Waals surface area contributed by atoms with Gasteiger partial charge >= 0.3 is 0 Å². The maximum absolute atomic E-state index is 13.7. The van der Waals surface area contributed by atoms with Crippen molar-refractivity contribution in [2.24, 2.45) is 0 Å². The van der Waals surface area contributed by atoms with Gasteiger partial charge in [0, 0.05) is 35.5 Å². The first kappa shape index (κ1) is 29.4. The van der Waals surface area contributed by atoms with E-state index in [1.54, 1.807) is 17.3 Å². The van der Waals surface area contributed by atoms with Gasteiger partial charge in [0.05, 0.1) is 22.8 Å². The van der Waals surface area contributed by atoms with Crippen LogP contribution in [0.4, 0.5) is 5.82 Å². The Morgan fingerprint density at radius 3 is 2.55 bits per heavy atom. The Labute approximate surface area is 255 Å². The zero-order chi connectivity index (χ0) is 30.8. The lowest BCUT2D eigenvalue weighted by atomic mass is 10.0. The predicted octanol–water partition coefficient (Wildman–Crippen LogP) is 4.36. The van der Waals surface area contributed by atoms with Crippen LogP contribution in [0.2, 0.25) is 0 Å². The number of hydrogen-bond acceptors (Lipinski definition) is 9. The molecule has 44 heavy (non-hydrogen) atoms. The number of aromatic nitrogens is 7. The third-order valence-electron chi connectivity index (χ3n) is 8.07. The number of aromatic amines is 1. The Bertz CT molecular complexity index is 1870. The summed E-state index contributed by atoms with van der Waals surface area (Å²) in [7, 11) is -3.71. The van der Waals surface area contributed by atoms with Crippen LogP contribution in [0.3, 0.4) is 0 Å². The first-order valence-corrected chi connectivity index (χ1v) is 16.5. The monoisotopic (exact) mass is 613 g/mol. The summed E-state index contributed by atoms with van der Waals surface area (Å²) in [5.41, 5.74) is 10.8. The molecule has 4 aromatic heterocycles. The van der Waals surface area contributed by atoms with Crippen LogP contribution in [-0.2, 0) is 16.3 Å². The van der Waals surface area contributed by atoms with E-state index in [4.69, 9.17) is 10.7 Å². The molecule has 1 aromatic carbocycles. The average molecular weight is 614 g/mol. The van der Waals surface area contributed by atoms with E-state index >= 15 is 0 Å². The topological polar surface area (TPSA) is 165 Å². The maximum atomic E-state index is 13.7. The van der Waals surface area contributed by atoms with Crippen molar-refractivity contribution >= 4 is 27.2 Å². The van der Waals surface area contributed by atoms with Gasteiger partial charge in [0.15, 0.2) is 15.5 Å². The quantitative estimate of drug-likeness (QED) is 0.208. The smallest absolute Gasteiger partial charge is 0.291 e. The third kappa shape index (κ3) is 5.54. The van der Waals surface area contributed by atoms with E-state index in [9.17, 15) is 13.2 Å². The van der Waals surface area contributed by atoms with Gasteiger partial charge in [0.2, 0.25) is 5.82 Å². The zero-order valence-electron chi connectivity index (χ0n) is 24.7. The average Bonchev–Trinajstić information content (AvgIpc) is 3.60. The highest BCUT2D eigenvalue weighted by atomic mass is 32.2. The largest absolute Gasteiger partial charge is 0.382 e. The zero-order valence-corrected chi connectivity index (χ0v) is 25.5. The molecule has 0 aliphatic heterocycles. The highest BCUT2D eigenvalue weighted by Crippen LogP contribution is 2.39. The number of hydrogen-bond donors (Lipinski definition) is 2. The highest BCUT2D eigenvalue weighted by molar-refractivity contribution is 7.92. The second-order valence-corrected chi connectivity index (χ2v) is 13.2. The van der Waals surface area contributed by atoms with Gasteiger partial charge in [0.1, 0.15) is 17.0 Å². The van der Waals surface area contributed by atoms with Crippen molar-refractivity contribution < 1.29 is 13.2 Å². The Morgan fingerprint density at radius 2 is 1.91 bits per heavy atom. The number of nitrogens with zero attached hydrogens (tertiary/aromatic N) is 7. The maximum Gasteiger partial charge on any atom is 0.291 e. The predicted molar refractivity (Wildman–Crippen MR) is 166 cm³/mol. The summed E-state index contributed by atoms with van der Waals surface area (Å²) in [6.45, 7) is 4.54. The summed E-state index contributed by atoms with van der Waals surface area (Å²) < 4.78 is 28.8. The molecule has 1 saturated carbocycles. The minimum Gasteiger partial charge on any atom is -0.382 e. The molecule has 5 aromatic rings. The van der Waals surface area contributed by atoms with Gasteiger partial charge in [-0.25, -0.2) is 13.4 Å². The number of nitrogens with one attached hydrogen (secondary N) is 1. The molecule has 13 heteroatoms. The van der Waals surface area contributed by atoms with Crippen molar-refractivity contribution in [3.63, 3.8) is 0 Å². The molecule has 228 valence electrons. The lowest BCUT2D eigenvalue weighted by Gasteiger charge is -2.30. The van der Waals surface area contributed by atoms with Crippen LogP contribution in [0.15, 0.2) is 66.1 Å². The molecular weight excluding hydrogens is 578 g/mol. The molecule has 0 spiro atoms. The third-order valence-corrected chi connectivity index (χ3v) is 10.4. The molecule has 0 radical (unpaired) electrons. The lowest BCUT2D eigenvalue weighted by Crippen LogP contribution is -2.41. The second-order valence-electron chi connectivity index (χ2n) is 11.0. The first-order valence-electron chi connectivity index (χ1n) is 14.9. The number of anilines is 1. The summed E-state index contributed by atoms with van der Waals surface area (Å²) in [6, 6.07) is 13.6. The van der Waals surface area contributed by atoms with Gasteiger partial charge in [0.25, 0.3) is 5.91 Å². The first-order chi connectivity index (χ1) is 21.3. The Morgan fingerprint density at radius 1 is 1.11 bits per heavy atom. The Balaban J connectivity index is 1.38. The molecule has 0 saturated heterocycles. The summed E-state index contributed by atoms with van der Waals surface area (Å²) in [5.74, 6) is -0.0174. The second kappa shape index (κ2) is 12.2. The van der Waals surface area contributed by atoms with E-state index in [2.05, 4.69) is 25.3 Å². The van der Waals surface area contributed by atoms with Crippen molar-refractivity contribution in [1.29, 1.82) is 0 Å². The number of H-pyrrole nitrogens is 1.